The molecule has 0 aliphatic rings. The Labute approximate surface area is 75.1 Å². The molecule has 0 spiro atoms. The minimum atomic E-state index is 0.287. The minimum Gasteiger partial charge on any atom is -0.396 e. The smallest absolute Gasteiger partial charge is 0.0434 e. The van der Waals surface area contributed by atoms with Gasteiger partial charge in [-0.15, -0.1) is 0 Å². The van der Waals surface area contributed by atoms with Gasteiger partial charge < -0.3 is 5.11 Å². The summed E-state index contributed by atoms with van der Waals surface area (Å²) in [5.41, 5.74) is 1.30. The molecule has 1 heteroatoms. The summed E-state index contributed by atoms with van der Waals surface area (Å²) in [5, 5.41) is 8.53. The molecular weight excluding hydrogens is 148 g/mol. The fraction of sp³-hybridized carbons (Fsp3) is 0.455. The molecule has 0 unspecified atom stereocenters. The zero-order chi connectivity index (χ0) is 9.23. The van der Waals surface area contributed by atoms with E-state index in [0.29, 0.717) is 0 Å². The monoisotopic (exact) mass is 166 g/mol. The van der Waals surface area contributed by atoms with E-state index >= 15 is 0 Å². The lowest BCUT2D eigenvalue weighted by Crippen LogP contribution is -1.87. The minimum absolute atomic E-state index is 0.287. The third kappa shape index (κ3) is 4.91. The summed E-state index contributed by atoms with van der Waals surface area (Å²) in [6.07, 6.45) is 1.85. The fourth-order valence-corrected chi connectivity index (χ4v) is 0.928. The molecule has 0 saturated carbocycles. The van der Waals surface area contributed by atoms with Gasteiger partial charge in [0, 0.05) is 6.61 Å². The molecule has 0 radical (unpaired) electrons. The molecule has 1 rings (SSSR count). The van der Waals surface area contributed by atoms with Crippen LogP contribution < -0.4 is 0 Å². The van der Waals surface area contributed by atoms with Gasteiger partial charge in [0.05, 0.1) is 0 Å². The second-order valence-electron chi connectivity index (χ2n) is 2.31. The molecule has 1 aromatic carbocycles. The van der Waals surface area contributed by atoms with Gasteiger partial charge in [-0.1, -0.05) is 44.2 Å². The van der Waals surface area contributed by atoms with Gasteiger partial charge in [-0.25, -0.2) is 0 Å². The first-order valence-electron chi connectivity index (χ1n) is 4.58. The van der Waals surface area contributed by atoms with Crippen molar-refractivity contribution in [1.29, 1.82) is 0 Å². The van der Waals surface area contributed by atoms with Crippen LogP contribution in [0.5, 0.6) is 0 Å². The maximum atomic E-state index is 8.53. The van der Waals surface area contributed by atoms with Gasteiger partial charge in [0.1, 0.15) is 0 Å². The normalized spacial score (nSPS) is 8.58. The Hall–Kier alpha value is -0.820. The van der Waals surface area contributed by atoms with Crippen LogP contribution in [0, 0.1) is 0 Å². The molecule has 1 N–H and O–H groups in total. The van der Waals surface area contributed by atoms with Crippen LogP contribution in [-0.4, -0.2) is 11.7 Å². The number of aliphatic hydroxyl groups excluding tert-OH is 1. The molecule has 0 heterocycles. The standard InChI is InChI=1S/C9H12O.C2H6/c10-8-4-7-9-5-2-1-3-6-9;1-2/h1-3,5-6,10H,4,7-8H2;1-2H3. The Kier molecular flexibility index (Phi) is 7.71. The van der Waals surface area contributed by atoms with Crippen molar-refractivity contribution >= 4 is 0 Å². The van der Waals surface area contributed by atoms with Crippen LogP contribution in [0.4, 0.5) is 0 Å². The van der Waals surface area contributed by atoms with Crippen molar-refractivity contribution in [3.8, 4) is 0 Å². The van der Waals surface area contributed by atoms with E-state index in [1.807, 2.05) is 32.0 Å². The highest BCUT2D eigenvalue weighted by Gasteiger charge is 1.87. The largest absolute Gasteiger partial charge is 0.396 e. The lowest BCUT2D eigenvalue weighted by Gasteiger charge is -1.96. The maximum absolute atomic E-state index is 8.53. The second kappa shape index (κ2) is 8.28. The average molecular weight is 166 g/mol. The van der Waals surface area contributed by atoms with Gasteiger partial charge in [0.25, 0.3) is 0 Å². The summed E-state index contributed by atoms with van der Waals surface area (Å²) in [7, 11) is 0. The van der Waals surface area contributed by atoms with Crippen molar-refractivity contribution in [2.24, 2.45) is 0 Å². The molecule has 0 amide bonds. The molecule has 0 aromatic heterocycles. The van der Waals surface area contributed by atoms with E-state index in [9.17, 15) is 0 Å². The molecule has 68 valence electrons. The molecule has 0 atom stereocenters. The van der Waals surface area contributed by atoms with Crippen molar-refractivity contribution in [2.45, 2.75) is 26.7 Å². The number of rotatable bonds is 3. The quantitative estimate of drug-likeness (QED) is 0.732. The highest BCUT2D eigenvalue weighted by molar-refractivity contribution is 5.14. The maximum Gasteiger partial charge on any atom is 0.0434 e. The second-order valence-corrected chi connectivity index (χ2v) is 2.31. The number of hydrogen-bond donors (Lipinski definition) is 1. The lowest BCUT2D eigenvalue weighted by molar-refractivity contribution is 0.288. The summed E-state index contributed by atoms with van der Waals surface area (Å²) in [6.45, 7) is 4.29. The molecular formula is C11H18O. The molecule has 0 saturated heterocycles. The molecule has 0 bridgehead atoms. The van der Waals surface area contributed by atoms with Crippen LogP contribution in [-0.2, 0) is 6.42 Å². The Bertz CT molecular complexity index is 170. The first-order chi connectivity index (χ1) is 5.93. The lowest BCUT2D eigenvalue weighted by atomic mass is 10.1. The van der Waals surface area contributed by atoms with Crippen LogP contribution in [0.25, 0.3) is 0 Å². The third-order valence-electron chi connectivity index (χ3n) is 1.47. The predicted molar refractivity (Wildman–Crippen MR) is 53.2 cm³/mol. The number of hydrogen-bond acceptors (Lipinski definition) is 1. The van der Waals surface area contributed by atoms with Crippen molar-refractivity contribution in [1.82, 2.24) is 0 Å². The Morgan fingerprint density at radius 1 is 1.08 bits per heavy atom. The average Bonchev–Trinajstić information content (AvgIpc) is 2.19. The Balaban J connectivity index is 0.000000561. The molecule has 1 nitrogen and oxygen atoms in total. The molecule has 0 fully saturated rings. The SMILES string of the molecule is CC.OCCCc1ccccc1. The van der Waals surface area contributed by atoms with E-state index in [1.54, 1.807) is 0 Å². The van der Waals surface area contributed by atoms with Gasteiger partial charge in [-0.2, -0.15) is 0 Å². The number of aliphatic hydroxyl groups is 1. The van der Waals surface area contributed by atoms with Gasteiger partial charge in [-0.05, 0) is 18.4 Å². The fourth-order valence-electron chi connectivity index (χ4n) is 0.928. The van der Waals surface area contributed by atoms with Gasteiger partial charge in [-0.3, -0.25) is 0 Å². The van der Waals surface area contributed by atoms with E-state index in [-0.39, 0.29) is 6.61 Å². The highest BCUT2D eigenvalue weighted by atomic mass is 16.2. The van der Waals surface area contributed by atoms with Gasteiger partial charge >= 0.3 is 0 Å². The summed E-state index contributed by atoms with van der Waals surface area (Å²) >= 11 is 0. The van der Waals surface area contributed by atoms with E-state index in [0.717, 1.165) is 12.8 Å². The Morgan fingerprint density at radius 3 is 2.17 bits per heavy atom. The van der Waals surface area contributed by atoms with Crippen LogP contribution in [0.2, 0.25) is 0 Å². The highest BCUT2D eigenvalue weighted by Crippen LogP contribution is 2.00. The summed E-state index contributed by atoms with van der Waals surface area (Å²) in [4.78, 5) is 0. The molecule has 0 aliphatic carbocycles. The van der Waals surface area contributed by atoms with Crippen LogP contribution >= 0.6 is 0 Å². The predicted octanol–water partition coefficient (Wildman–Crippen LogP) is 2.64. The number of aryl methyl sites for hydroxylation is 1. The zero-order valence-corrected chi connectivity index (χ0v) is 7.96. The van der Waals surface area contributed by atoms with Crippen LogP contribution in [0.1, 0.15) is 25.8 Å². The van der Waals surface area contributed by atoms with Crippen molar-refractivity contribution in [2.75, 3.05) is 6.61 Å². The van der Waals surface area contributed by atoms with Gasteiger partial charge in [0.15, 0.2) is 0 Å². The van der Waals surface area contributed by atoms with Crippen LogP contribution in [0.3, 0.4) is 0 Å². The van der Waals surface area contributed by atoms with E-state index in [1.165, 1.54) is 5.56 Å². The first kappa shape index (κ1) is 11.2. The van der Waals surface area contributed by atoms with Crippen LogP contribution in [0.15, 0.2) is 30.3 Å². The molecule has 12 heavy (non-hydrogen) atoms. The third-order valence-corrected chi connectivity index (χ3v) is 1.47. The number of benzene rings is 1. The molecule has 0 aliphatic heterocycles. The van der Waals surface area contributed by atoms with Crippen molar-refractivity contribution in [3.05, 3.63) is 35.9 Å². The van der Waals surface area contributed by atoms with E-state index in [4.69, 9.17) is 5.11 Å². The summed E-state index contributed by atoms with van der Waals surface area (Å²) < 4.78 is 0. The first-order valence-corrected chi connectivity index (χ1v) is 4.58. The molecule has 1 aromatic rings. The summed E-state index contributed by atoms with van der Waals surface area (Å²) in [5.74, 6) is 0. The zero-order valence-electron chi connectivity index (χ0n) is 7.96. The van der Waals surface area contributed by atoms with Crippen molar-refractivity contribution < 1.29 is 5.11 Å². The van der Waals surface area contributed by atoms with Crippen molar-refractivity contribution in [3.63, 3.8) is 0 Å². The van der Waals surface area contributed by atoms with E-state index in [2.05, 4.69) is 12.1 Å². The summed E-state index contributed by atoms with van der Waals surface area (Å²) in [6, 6.07) is 10.2. The Morgan fingerprint density at radius 2 is 1.67 bits per heavy atom. The topological polar surface area (TPSA) is 20.2 Å². The van der Waals surface area contributed by atoms with Gasteiger partial charge in [0.2, 0.25) is 0 Å². The van der Waals surface area contributed by atoms with E-state index < -0.39 is 0 Å².